The number of nitrogens with one attached hydrogen (secondary N) is 1. The molecule has 2 aliphatic heterocycles. The molecule has 5 nitrogen and oxygen atoms in total. The van der Waals surface area contributed by atoms with Gasteiger partial charge < -0.3 is 15.0 Å². The van der Waals surface area contributed by atoms with E-state index in [2.05, 4.69) is 23.5 Å². The average molecular weight is 328 g/mol. The van der Waals surface area contributed by atoms with E-state index < -0.39 is 6.04 Å². The molecular formula is C19H24N2O3. The van der Waals surface area contributed by atoms with Crippen LogP contribution in [0, 0.1) is 5.92 Å². The third-order valence-corrected chi connectivity index (χ3v) is 6.27. The molecular weight excluding hydrogens is 304 g/mol. The molecule has 1 aromatic carbocycles. The summed E-state index contributed by atoms with van der Waals surface area (Å²) in [5.41, 5.74) is 2.18. The first kappa shape index (κ1) is 15.5. The zero-order valence-corrected chi connectivity index (χ0v) is 14.2. The van der Waals surface area contributed by atoms with Gasteiger partial charge in [-0.2, -0.15) is 0 Å². The molecule has 4 rings (SSSR count). The average Bonchev–Trinajstić information content (AvgIpc) is 3.26. The van der Waals surface area contributed by atoms with E-state index in [9.17, 15) is 9.59 Å². The molecule has 1 unspecified atom stereocenters. The van der Waals surface area contributed by atoms with E-state index in [1.807, 2.05) is 6.07 Å². The van der Waals surface area contributed by atoms with Gasteiger partial charge in [0.05, 0.1) is 7.11 Å². The van der Waals surface area contributed by atoms with Gasteiger partial charge in [0.25, 0.3) is 0 Å². The van der Waals surface area contributed by atoms with Crippen molar-refractivity contribution in [2.75, 3.05) is 12.4 Å². The number of likely N-dealkylation sites (tertiary alicyclic amines) is 1. The molecule has 1 saturated carbocycles. The summed E-state index contributed by atoms with van der Waals surface area (Å²) in [6, 6.07) is 7.82. The molecule has 1 aliphatic carbocycles. The summed E-state index contributed by atoms with van der Waals surface area (Å²) in [5.74, 6) is 0.113. The third-order valence-electron chi connectivity index (χ3n) is 6.27. The van der Waals surface area contributed by atoms with Crippen LogP contribution >= 0.6 is 0 Å². The molecule has 24 heavy (non-hydrogen) atoms. The lowest BCUT2D eigenvalue weighted by Gasteiger charge is -2.37. The fourth-order valence-corrected chi connectivity index (χ4v) is 5.36. The van der Waals surface area contributed by atoms with Crippen LogP contribution in [-0.2, 0) is 19.7 Å². The van der Waals surface area contributed by atoms with Crippen LogP contribution in [0.5, 0.6) is 0 Å². The van der Waals surface area contributed by atoms with Gasteiger partial charge in [0.2, 0.25) is 5.91 Å². The van der Waals surface area contributed by atoms with Crippen molar-refractivity contribution in [3.8, 4) is 0 Å². The molecule has 0 aromatic heterocycles. The third kappa shape index (κ3) is 1.93. The van der Waals surface area contributed by atoms with Gasteiger partial charge in [-0.3, -0.25) is 4.79 Å². The number of anilines is 1. The SMILES string of the molecule is COC(=O)C1C[C@@]2(C3CCCC3)c3ccccc3N[C@H]2N1C(C)=O. The summed E-state index contributed by atoms with van der Waals surface area (Å²) in [5, 5.41) is 3.55. The molecule has 1 amide bonds. The van der Waals surface area contributed by atoms with Crippen LogP contribution in [0.4, 0.5) is 5.69 Å². The first-order valence-corrected chi connectivity index (χ1v) is 8.82. The van der Waals surface area contributed by atoms with Crippen molar-refractivity contribution >= 4 is 17.6 Å². The molecule has 5 heteroatoms. The van der Waals surface area contributed by atoms with E-state index >= 15 is 0 Å². The van der Waals surface area contributed by atoms with E-state index in [4.69, 9.17) is 4.74 Å². The second kappa shape index (κ2) is 5.50. The Morgan fingerprint density at radius 2 is 1.96 bits per heavy atom. The number of methoxy groups -OCH3 is 1. The Balaban J connectivity index is 1.86. The topological polar surface area (TPSA) is 58.6 Å². The van der Waals surface area contributed by atoms with Crippen molar-refractivity contribution in [3.05, 3.63) is 29.8 Å². The van der Waals surface area contributed by atoms with E-state index in [0.29, 0.717) is 12.3 Å². The van der Waals surface area contributed by atoms with Crippen molar-refractivity contribution in [2.45, 2.75) is 56.7 Å². The molecule has 2 heterocycles. The first-order chi connectivity index (χ1) is 11.6. The number of benzene rings is 1. The number of carbonyl (C=O) groups excluding carboxylic acids is 2. The number of ether oxygens (including phenoxy) is 1. The molecule has 1 N–H and O–H groups in total. The maximum Gasteiger partial charge on any atom is 0.328 e. The molecule has 1 saturated heterocycles. The minimum absolute atomic E-state index is 0.0735. The van der Waals surface area contributed by atoms with Gasteiger partial charge in [0.15, 0.2) is 0 Å². The lowest BCUT2D eigenvalue weighted by atomic mass is 9.67. The van der Waals surface area contributed by atoms with Crippen molar-refractivity contribution in [3.63, 3.8) is 0 Å². The predicted molar refractivity (Wildman–Crippen MR) is 90.4 cm³/mol. The van der Waals surface area contributed by atoms with E-state index in [0.717, 1.165) is 18.5 Å². The van der Waals surface area contributed by atoms with Gasteiger partial charge in [-0.25, -0.2) is 4.79 Å². The number of nitrogens with zero attached hydrogens (tertiary/aromatic N) is 1. The van der Waals surface area contributed by atoms with Gasteiger partial charge >= 0.3 is 5.97 Å². The van der Waals surface area contributed by atoms with Gasteiger partial charge in [-0.15, -0.1) is 0 Å². The Morgan fingerprint density at radius 1 is 1.25 bits per heavy atom. The van der Waals surface area contributed by atoms with Crippen molar-refractivity contribution in [1.29, 1.82) is 0 Å². The Hall–Kier alpha value is -2.04. The lowest BCUT2D eigenvalue weighted by molar-refractivity contribution is -0.151. The highest BCUT2D eigenvalue weighted by Gasteiger charge is 2.63. The normalized spacial score (nSPS) is 31.5. The van der Waals surface area contributed by atoms with Gasteiger partial charge in [-0.1, -0.05) is 31.0 Å². The number of hydrogen-bond donors (Lipinski definition) is 1. The van der Waals surface area contributed by atoms with Gasteiger partial charge in [0.1, 0.15) is 12.2 Å². The Bertz CT molecular complexity index is 683. The zero-order chi connectivity index (χ0) is 16.9. The van der Waals surface area contributed by atoms with E-state index in [-0.39, 0.29) is 23.5 Å². The fourth-order valence-electron chi connectivity index (χ4n) is 5.36. The summed E-state index contributed by atoms with van der Waals surface area (Å²) in [4.78, 5) is 26.5. The molecule has 0 spiro atoms. The van der Waals surface area contributed by atoms with Gasteiger partial charge in [-0.05, 0) is 36.8 Å². The second-order valence-corrected chi connectivity index (χ2v) is 7.28. The molecule has 128 valence electrons. The summed E-state index contributed by atoms with van der Waals surface area (Å²) in [6.07, 6.45) is 5.27. The molecule has 1 aromatic rings. The zero-order valence-electron chi connectivity index (χ0n) is 14.2. The van der Waals surface area contributed by atoms with Crippen molar-refractivity contribution in [2.24, 2.45) is 5.92 Å². The smallest absolute Gasteiger partial charge is 0.328 e. The standard InChI is InChI=1S/C19H24N2O3/c1-12(22)21-16(17(23)24-2)11-19(13-7-3-4-8-13)14-9-5-6-10-15(14)20-18(19)21/h5-6,9-10,13,16,18,20H,3-4,7-8,11H2,1-2H3/t16?,18-,19+/m0/s1. The van der Waals surface area contributed by atoms with Gasteiger partial charge in [0, 0.05) is 18.0 Å². The van der Waals surface area contributed by atoms with Crippen molar-refractivity contribution < 1.29 is 14.3 Å². The Kier molecular flexibility index (Phi) is 3.55. The molecule has 2 fully saturated rings. The number of amides is 1. The van der Waals surface area contributed by atoms with E-state index in [1.54, 1.807) is 11.8 Å². The lowest BCUT2D eigenvalue weighted by Crippen LogP contribution is -2.50. The van der Waals surface area contributed by atoms with Crippen LogP contribution in [-0.4, -0.2) is 36.1 Å². The van der Waals surface area contributed by atoms with E-state index in [1.165, 1.54) is 25.5 Å². The number of rotatable bonds is 2. The fraction of sp³-hybridized carbons (Fsp3) is 0.579. The quantitative estimate of drug-likeness (QED) is 0.848. The maximum absolute atomic E-state index is 12.4. The molecule has 3 atom stereocenters. The van der Waals surface area contributed by atoms with Crippen molar-refractivity contribution in [1.82, 2.24) is 4.90 Å². The van der Waals surface area contributed by atoms with Crippen LogP contribution in [0.1, 0.15) is 44.6 Å². The summed E-state index contributed by atoms with van der Waals surface area (Å²) in [6.45, 7) is 1.55. The second-order valence-electron chi connectivity index (χ2n) is 7.28. The van der Waals surface area contributed by atoms with Crippen LogP contribution in [0.2, 0.25) is 0 Å². The largest absolute Gasteiger partial charge is 0.467 e. The highest BCUT2D eigenvalue weighted by atomic mass is 16.5. The molecule has 3 aliphatic rings. The number of hydrogen-bond acceptors (Lipinski definition) is 4. The number of esters is 1. The number of para-hydroxylation sites is 1. The summed E-state index contributed by atoms with van der Waals surface area (Å²) in [7, 11) is 1.40. The Labute approximate surface area is 142 Å². The molecule has 0 radical (unpaired) electrons. The van der Waals surface area contributed by atoms with Crippen LogP contribution in [0.15, 0.2) is 24.3 Å². The number of fused-ring (bicyclic) bond motifs is 3. The number of carbonyl (C=O) groups is 2. The van der Waals surface area contributed by atoms with Crippen LogP contribution < -0.4 is 5.32 Å². The molecule has 0 bridgehead atoms. The summed E-state index contributed by atoms with van der Waals surface area (Å²) < 4.78 is 5.01. The minimum Gasteiger partial charge on any atom is -0.467 e. The monoisotopic (exact) mass is 328 g/mol. The van der Waals surface area contributed by atoms with Crippen LogP contribution in [0.25, 0.3) is 0 Å². The highest BCUT2D eigenvalue weighted by Crippen LogP contribution is 2.58. The first-order valence-electron chi connectivity index (χ1n) is 8.82. The summed E-state index contributed by atoms with van der Waals surface area (Å²) >= 11 is 0. The Morgan fingerprint density at radius 3 is 2.62 bits per heavy atom. The van der Waals surface area contributed by atoms with Crippen LogP contribution in [0.3, 0.4) is 0 Å². The predicted octanol–water partition coefficient (Wildman–Crippen LogP) is 2.66. The highest BCUT2D eigenvalue weighted by molar-refractivity contribution is 5.86. The maximum atomic E-state index is 12.4. The minimum atomic E-state index is -0.501.